The molecular formula is C20H27N5O3S. The zero-order chi connectivity index (χ0) is 20.4. The lowest BCUT2D eigenvalue weighted by Gasteiger charge is -2.22. The molecule has 1 atom stereocenters. The van der Waals surface area contributed by atoms with E-state index < -0.39 is 0 Å². The smallest absolute Gasteiger partial charge is 0.264 e. The van der Waals surface area contributed by atoms with Gasteiger partial charge in [0.05, 0.1) is 22.9 Å². The molecule has 0 bridgehead atoms. The SMILES string of the molecule is Cc1c(C(=O)N2CCC[C@H]2CO)sc2ncnc(NCCCN3CCCC3=O)c12. The van der Waals surface area contributed by atoms with E-state index in [1.807, 2.05) is 11.8 Å². The van der Waals surface area contributed by atoms with Crippen LogP contribution >= 0.6 is 11.3 Å². The summed E-state index contributed by atoms with van der Waals surface area (Å²) in [7, 11) is 0. The van der Waals surface area contributed by atoms with Gasteiger partial charge in [-0.25, -0.2) is 9.97 Å². The van der Waals surface area contributed by atoms with Crippen LogP contribution in [0, 0.1) is 6.92 Å². The summed E-state index contributed by atoms with van der Waals surface area (Å²) in [6.07, 6.45) is 5.76. The van der Waals surface area contributed by atoms with Gasteiger partial charge in [0, 0.05) is 32.6 Å². The summed E-state index contributed by atoms with van der Waals surface area (Å²) in [4.78, 5) is 38.7. The van der Waals surface area contributed by atoms with E-state index in [2.05, 4.69) is 15.3 Å². The average Bonchev–Trinajstić information content (AvgIpc) is 3.44. The van der Waals surface area contributed by atoms with Crippen molar-refractivity contribution in [3.63, 3.8) is 0 Å². The molecular weight excluding hydrogens is 390 g/mol. The molecule has 2 saturated heterocycles. The summed E-state index contributed by atoms with van der Waals surface area (Å²) in [5, 5.41) is 13.8. The summed E-state index contributed by atoms with van der Waals surface area (Å²) in [6.45, 7) is 4.94. The number of carbonyl (C=O) groups is 2. The van der Waals surface area contributed by atoms with E-state index >= 15 is 0 Å². The number of aliphatic hydroxyl groups is 1. The first-order valence-electron chi connectivity index (χ1n) is 10.3. The lowest BCUT2D eigenvalue weighted by Crippen LogP contribution is -2.37. The van der Waals surface area contributed by atoms with E-state index in [0.29, 0.717) is 24.4 Å². The van der Waals surface area contributed by atoms with Gasteiger partial charge < -0.3 is 20.2 Å². The summed E-state index contributed by atoms with van der Waals surface area (Å²) in [6, 6.07) is -0.0934. The number of rotatable bonds is 7. The van der Waals surface area contributed by atoms with Crippen LogP contribution in [0.2, 0.25) is 0 Å². The summed E-state index contributed by atoms with van der Waals surface area (Å²) >= 11 is 1.39. The molecule has 4 heterocycles. The number of nitrogens with zero attached hydrogens (tertiary/aromatic N) is 4. The van der Waals surface area contributed by atoms with E-state index in [4.69, 9.17) is 0 Å². The highest BCUT2D eigenvalue weighted by molar-refractivity contribution is 7.20. The van der Waals surface area contributed by atoms with Gasteiger partial charge >= 0.3 is 0 Å². The van der Waals surface area contributed by atoms with Crippen LogP contribution in [0.5, 0.6) is 0 Å². The van der Waals surface area contributed by atoms with E-state index in [-0.39, 0.29) is 24.5 Å². The third-order valence-corrected chi connectivity index (χ3v) is 7.03. The van der Waals surface area contributed by atoms with Crippen molar-refractivity contribution in [3.8, 4) is 0 Å². The quantitative estimate of drug-likeness (QED) is 0.669. The highest BCUT2D eigenvalue weighted by atomic mass is 32.1. The number of hydrogen-bond acceptors (Lipinski definition) is 7. The fourth-order valence-corrected chi connectivity index (χ4v) is 5.35. The number of carbonyl (C=O) groups excluding carboxylic acids is 2. The van der Waals surface area contributed by atoms with Gasteiger partial charge in [0.2, 0.25) is 5.91 Å². The Labute approximate surface area is 173 Å². The molecule has 0 spiro atoms. The highest BCUT2D eigenvalue weighted by Gasteiger charge is 2.31. The molecule has 29 heavy (non-hydrogen) atoms. The molecule has 2 N–H and O–H groups in total. The van der Waals surface area contributed by atoms with Gasteiger partial charge in [0.15, 0.2) is 0 Å². The molecule has 2 aliphatic rings. The van der Waals surface area contributed by atoms with Crippen molar-refractivity contribution in [1.82, 2.24) is 19.8 Å². The van der Waals surface area contributed by atoms with E-state index in [0.717, 1.165) is 60.4 Å². The molecule has 0 aromatic carbocycles. The van der Waals surface area contributed by atoms with Crippen LogP contribution in [0.1, 0.15) is 47.3 Å². The largest absolute Gasteiger partial charge is 0.394 e. The first kappa shape index (κ1) is 20.0. The molecule has 0 saturated carbocycles. The second-order valence-corrected chi connectivity index (χ2v) is 8.70. The summed E-state index contributed by atoms with van der Waals surface area (Å²) in [5.41, 5.74) is 0.886. The molecule has 0 aliphatic carbocycles. The molecule has 0 unspecified atom stereocenters. The van der Waals surface area contributed by atoms with Crippen molar-refractivity contribution in [1.29, 1.82) is 0 Å². The maximum atomic E-state index is 13.1. The molecule has 2 amide bonds. The number of thiophene rings is 1. The minimum atomic E-state index is -0.0934. The minimum Gasteiger partial charge on any atom is -0.394 e. The number of likely N-dealkylation sites (tertiary alicyclic amines) is 2. The number of aromatic nitrogens is 2. The van der Waals surface area contributed by atoms with Crippen LogP contribution in [0.3, 0.4) is 0 Å². The molecule has 2 fully saturated rings. The number of anilines is 1. The molecule has 2 aromatic heterocycles. The number of fused-ring (bicyclic) bond motifs is 1. The number of aliphatic hydroxyl groups excluding tert-OH is 1. The lowest BCUT2D eigenvalue weighted by atomic mass is 10.1. The molecule has 4 rings (SSSR count). The average molecular weight is 418 g/mol. The predicted molar refractivity (Wildman–Crippen MR) is 112 cm³/mol. The number of aryl methyl sites for hydroxylation is 1. The van der Waals surface area contributed by atoms with Crippen LogP contribution in [0.4, 0.5) is 5.82 Å². The standard InChI is InChI=1S/C20H27N5O3S/c1-13-16-18(21-7-4-9-24-8-3-6-15(24)27)22-12-23-19(16)29-17(13)20(28)25-10-2-5-14(25)11-26/h12,14,26H,2-11H2,1H3,(H,21,22,23)/t14-/m0/s1. The Bertz CT molecular complexity index is 915. The predicted octanol–water partition coefficient (Wildman–Crippen LogP) is 2.02. The van der Waals surface area contributed by atoms with E-state index in [1.165, 1.54) is 17.7 Å². The van der Waals surface area contributed by atoms with E-state index in [9.17, 15) is 14.7 Å². The van der Waals surface area contributed by atoms with Crippen molar-refractivity contribution >= 4 is 39.2 Å². The molecule has 2 aromatic rings. The first-order valence-corrected chi connectivity index (χ1v) is 11.1. The van der Waals surface area contributed by atoms with Crippen molar-refractivity contribution in [2.75, 3.05) is 38.1 Å². The van der Waals surface area contributed by atoms with Gasteiger partial charge in [-0.1, -0.05) is 0 Å². The fourth-order valence-electron chi connectivity index (χ4n) is 4.25. The van der Waals surface area contributed by atoms with Gasteiger partial charge in [0.1, 0.15) is 17.0 Å². The van der Waals surface area contributed by atoms with Crippen molar-refractivity contribution in [2.45, 2.75) is 45.1 Å². The topological polar surface area (TPSA) is 98.7 Å². The van der Waals surface area contributed by atoms with Gasteiger partial charge in [-0.15, -0.1) is 11.3 Å². The first-order chi connectivity index (χ1) is 14.1. The normalized spacial score (nSPS) is 19.5. The third kappa shape index (κ3) is 3.93. The molecule has 9 heteroatoms. The molecule has 2 aliphatic heterocycles. The Morgan fingerprint density at radius 1 is 1.34 bits per heavy atom. The number of hydrogen-bond donors (Lipinski definition) is 2. The lowest BCUT2D eigenvalue weighted by molar-refractivity contribution is -0.127. The molecule has 156 valence electrons. The maximum Gasteiger partial charge on any atom is 0.264 e. The van der Waals surface area contributed by atoms with Crippen LogP contribution in [0.15, 0.2) is 6.33 Å². The zero-order valence-electron chi connectivity index (χ0n) is 16.7. The molecule has 8 nitrogen and oxygen atoms in total. The Kier molecular flexibility index (Phi) is 5.96. The minimum absolute atomic E-state index is 0.00180. The van der Waals surface area contributed by atoms with Gasteiger partial charge in [-0.3, -0.25) is 9.59 Å². The summed E-state index contributed by atoms with van der Waals surface area (Å²) < 4.78 is 0. The van der Waals surface area contributed by atoms with Crippen molar-refractivity contribution in [2.24, 2.45) is 0 Å². The Balaban J connectivity index is 1.48. The van der Waals surface area contributed by atoms with Crippen molar-refractivity contribution in [3.05, 3.63) is 16.8 Å². The van der Waals surface area contributed by atoms with Gasteiger partial charge in [-0.2, -0.15) is 0 Å². The number of nitrogens with one attached hydrogen (secondary N) is 1. The Morgan fingerprint density at radius 2 is 2.21 bits per heavy atom. The molecule has 0 radical (unpaired) electrons. The Morgan fingerprint density at radius 3 is 2.97 bits per heavy atom. The van der Waals surface area contributed by atoms with Crippen LogP contribution in [-0.4, -0.2) is 75.5 Å². The van der Waals surface area contributed by atoms with Gasteiger partial charge in [-0.05, 0) is 38.2 Å². The van der Waals surface area contributed by atoms with Crippen molar-refractivity contribution < 1.29 is 14.7 Å². The van der Waals surface area contributed by atoms with Gasteiger partial charge in [0.25, 0.3) is 5.91 Å². The van der Waals surface area contributed by atoms with Crippen LogP contribution < -0.4 is 5.32 Å². The monoisotopic (exact) mass is 417 g/mol. The second-order valence-electron chi connectivity index (χ2n) is 7.70. The highest BCUT2D eigenvalue weighted by Crippen LogP contribution is 2.35. The van der Waals surface area contributed by atoms with Crippen LogP contribution in [0.25, 0.3) is 10.2 Å². The zero-order valence-corrected chi connectivity index (χ0v) is 17.5. The van der Waals surface area contributed by atoms with E-state index in [1.54, 1.807) is 4.90 Å². The third-order valence-electron chi connectivity index (χ3n) is 5.84. The van der Waals surface area contributed by atoms with Crippen LogP contribution in [-0.2, 0) is 4.79 Å². The maximum absolute atomic E-state index is 13.1. The number of amides is 2. The Hall–Kier alpha value is -2.26. The fraction of sp³-hybridized carbons (Fsp3) is 0.600. The second kappa shape index (κ2) is 8.62. The summed E-state index contributed by atoms with van der Waals surface area (Å²) in [5.74, 6) is 0.950.